The highest BCUT2D eigenvalue weighted by molar-refractivity contribution is 6.12. The van der Waals surface area contributed by atoms with Gasteiger partial charge in [-0.15, -0.1) is 0 Å². The Kier molecular flexibility index (Phi) is 8.53. The van der Waals surface area contributed by atoms with Gasteiger partial charge in [0.15, 0.2) is 0 Å². The molecule has 0 N–H and O–H groups in total. The molecule has 12 aromatic rings. The van der Waals surface area contributed by atoms with Crippen LogP contribution < -0.4 is 0 Å². The summed E-state index contributed by atoms with van der Waals surface area (Å²) in [5.41, 5.74) is 19.2. The van der Waals surface area contributed by atoms with Gasteiger partial charge < -0.3 is 9.13 Å². The van der Waals surface area contributed by atoms with E-state index < -0.39 is 0 Å². The molecule has 0 bridgehead atoms. The Morgan fingerprint density at radius 3 is 0.871 bits per heavy atom. The van der Waals surface area contributed by atoms with Gasteiger partial charge >= 0.3 is 0 Å². The summed E-state index contributed by atoms with van der Waals surface area (Å²) >= 11 is 0. The number of aromatic nitrogens is 2. The number of hydrogen-bond acceptors (Lipinski definition) is 0. The van der Waals surface area contributed by atoms with Gasteiger partial charge in [0.1, 0.15) is 0 Å². The predicted octanol–water partition coefficient (Wildman–Crippen LogP) is 16.2. The van der Waals surface area contributed by atoms with Crippen molar-refractivity contribution in [2.75, 3.05) is 0 Å². The van der Waals surface area contributed by atoms with Crippen LogP contribution in [0.4, 0.5) is 0 Å². The Morgan fingerprint density at radius 1 is 0.177 bits per heavy atom. The van der Waals surface area contributed by atoms with E-state index in [4.69, 9.17) is 0 Å². The van der Waals surface area contributed by atoms with Crippen LogP contribution in [0.1, 0.15) is 0 Å². The molecule has 2 nitrogen and oxygen atoms in total. The highest BCUT2D eigenvalue weighted by atomic mass is 15.0. The van der Waals surface area contributed by atoms with Crippen LogP contribution >= 0.6 is 0 Å². The highest BCUT2D eigenvalue weighted by Gasteiger charge is 2.17. The van der Waals surface area contributed by atoms with Crippen molar-refractivity contribution in [1.82, 2.24) is 9.13 Å². The monoisotopic (exact) mass is 788 g/mol. The summed E-state index contributed by atoms with van der Waals surface area (Å²) in [5, 5.41) is 4.98. The molecule has 10 aromatic carbocycles. The fourth-order valence-electron chi connectivity index (χ4n) is 9.49. The smallest absolute Gasteiger partial charge is 0.0541 e. The van der Waals surface area contributed by atoms with Gasteiger partial charge in [0.25, 0.3) is 0 Å². The molecule has 0 aliphatic rings. The molecule has 2 heterocycles. The van der Waals surface area contributed by atoms with Crippen molar-refractivity contribution in [2.24, 2.45) is 0 Å². The first-order valence-corrected chi connectivity index (χ1v) is 21.3. The molecular weight excluding hydrogens is 749 g/mol. The lowest BCUT2D eigenvalue weighted by Crippen LogP contribution is -1.94. The minimum absolute atomic E-state index is 1.14. The van der Waals surface area contributed by atoms with E-state index in [0.717, 1.165) is 11.4 Å². The quantitative estimate of drug-likeness (QED) is 0.152. The highest BCUT2D eigenvalue weighted by Crippen LogP contribution is 2.39. The van der Waals surface area contributed by atoms with Crippen LogP contribution in [0.5, 0.6) is 0 Å². The lowest BCUT2D eigenvalue weighted by Gasteiger charge is -2.13. The van der Waals surface area contributed by atoms with Gasteiger partial charge in [0.2, 0.25) is 0 Å². The van der Waals surface area contributed by atoms with Crippen molar-refractivity contribution in [3.8, 4) is 67.0 Å². The molecule has 0 aliphatic carbocycles. The molecule has 0 aliphatic heterocycles. The molecule has 290 valence electrons. The van der Waals surface area contributed by atoms with Crippen LogP contribution in [0.3, 0.4) is 0 Å². The number of nitrogens with zero attached hydrogens (tertiary/aromatic N) is 2. The normalized spacial score (nSPS) is 11.5. The Morgan fingerprint density at radius 2 is 0.468 bits per heavy atom. The standard InChI is InChI=1S/C60H40N2/c1-4-14-41(15-5-1)44-24-30-51(31-25-44)61-57-22-12-10-20-53(57)55-39-46(28-34-59(55)61)47-29-35-60-56(40-47)54-21-11-13-23-58(54)62(60)52-32-26-45(27-33-52)50-37-48(42-16-6-2-7-17-42)36-49(38-50)43-18-8-3-9-19-43/h1-40H. The molecule has 0 amide bonds. The summed E-state index contributed by atoms with van der Waals surface area (Å²) in [5.74, 6) is 0. The zero-order chi connectivity index (χ0) is 41.0. The van der Waals surface area contributed by atoms with Crippen molar-refractivity contribution in [2.45, 2.75) is 0 Å². The van der Waals surface area contributed by atoms with Crippen molar-refractivity contribution < 1.29 is 0 Å². The number of para-hydroxylation sites is 2. The van der Waals surface area contributed by atoms with Gasteiger partial charge in [0.05, 0.1) is 22.1 Å². The molecule has 0 saturated heterocycles. The Hall–Kier alpha value is -8.20. The minimum atomic E-state index is 1.14. The zero-order valence-corrected chi connectivity index (χ0v) is 34.0. The number of rotatable bonds is 7. The first kappa shape index (κ1) is 35.7. The Labute approximate surface area is 360 Å². The molecule has 0 saturated carbocycles. The van der Waals surface area contributed by atoms with Crippen LogP contribution in [-0.4, -0.2) is 9.13 Å². The molecule has 0 radical (unpaired) electrons. The minimum Gasteiger partial charge on any atom is -0.309 e. The predicted molar refractivity (Wildman–Crippen MR) is 262 cm³/mol. The lowest BCUT2D eigenvalue weighted by atomic mass is 9.93. The van der Waals surface area contributed by atoms with Crippen LogP contribution in [0.25, 0.3) is 111 Å². The summed E-state index contributed by atoms with van der Waals surface area (Å²) in [6.07, 6.45) is 0. The summed E-state index contributed by atoms with van der Waals surface area (Å²) in [6, 6.07) is 88.4. The van der Waals surface area contributed by atoms with Crippen LogP contribution in [0, 0.1) is 0 Å². The molecular formula is C60H40N2. The summed E-state index contributed by atoms with van der Waals surface area (Å²) in [4.78, 5) is 0. The second-order valence-electron chi connectivity index (χ2n) is 16.2. The van der Waals surface area contributed by atoms with Gasteiger partial charge in [-0.2, -0.15) is 0 Å². The van der Waals surface area contributed by atoms with Crippen LogP contribution in [0.2, 0.25) is 0 Å². The fourth-order valence-corrected chi connectivity index (χ4v) is 9.49. The SMILES string of the molecule is c1ccc(-c2ccc(-n3c4ccccc4c4cc(-c5ccc6c(c5)c5ccccc5n6-c5ccc(-c6cc(-c7ccccc7)cc(-c7ccccc7)c6)cc5)ccc43)cc2)cc1. The van der Waals surface area contributed by atoms with Crippen molar-refractivity contribution in [1.29, 1.82) is 0 Å². The third-order valence-corrected chi connectivity index (χ3v) is 12.5. The second-order valence-corrected chi connectivity index (χ2v) is 16.2. The van der Waals surface area contributed by atoms with Gasteiger partial charge in [-0.1, -0.05) is 164 Å². The van der Waals surface area contributed by atoms with Gasteiger partial charge in [-0.25, -0.2) is 0 Å². The first-order chi connectivity index (χ1) is 30.7. The Balaban J connectivity index is 0.928. The van der Waals surface area contributed by atoms with E-state index in [1.54, 1.807) is 0 Å². The third kappa shape index (κ3) is 6.12. The largest absolute Gasteiger partial charge is 0.309 e. The van der Waals surface area contributed by atoms with Gasteiger partial charge in [-0.3, -0.25) is 0 Å². The van der Waals surface area contributed by atoms with E-state index >= 15 is 0 Å². The fraction of sp³-hybridized carbons (Fsp3) is 0. The summed E-state index contributed by atoms with van der Waals surface area (Å²) in [7, 11) is 0. The van der Waals surface area contributed by atoms with Crippen LogP contribution in [-0.2, 0) is 0 Å². The molecule has 0 fully saturated rings. The van der Waals surface area contributed by atoms with Gasteiger partial charge in [-0.05, 0) is 134 Å². The molecule has 12 rings (SSSR count). The van der Waals surface area contributed by atoms with Crippen LogP contribution in [0.15, 0.2) is 243 Å². The molecule has 0 atom stereocenters. The van der Waals surface area contributed by atoms with E-state index in [-0.39, 0.29) is 0 Å². The Bertz CT molecular complexity index is 3520. The lowest BCUT2D eigenvalue weighted by molar-refractivity contribution is 1.18. The molecule has 2 aromatic heterocycles. The zero-order valence-electron chi connectivity index (χ0n) is 34.0. The maximum absolute atomic E-state index is 2.41. The topological polar surface area (TPSA) is 9.86 Å². The molecule has 62 heavy (non-hydrogen) atoms. The van der Waals surface area contributed by atoms with E-state index in [1.807, 2.05) is 0 Å². The average molecular weight is 789 g/mol. The summed E-state index contributed by atoms with van der Waals surface area (Å²) < 4.78 is 4.81. The van der Waals surface area contributed by atoms with Gasteiger partial charge in [0, 0.05) is 32.9 Å². The third-order valence-electron chi connectivity index (χ3n) is 12.5. The van der Waals surface area contributed by atoms with Crippen molar-refractivity contribution in [3.63, 3.8) is 0 Å². The van der Waals surface area contributed by atoms with E-state index in [9.17, 15) is 0 Å². The molecule has 2 heteroatoms. The van der Waals surface area contributed by atoms with E-state index in [0.29, 0.717) is 0 Å². The number of fused-ring (bicyclic) bond motifs is 6. The van der Waals surface area contributed by atoms with E-state index in [1.165, 1.54) is 99.2 Å². The molecule has 0 unspecified atom stereocenters. The second kappa shape index (κ2) is 14.8. The maximum atomic E-state index is 2.41. The number of benzene rings is 10. The molecule has 0 spiro atoms. The van der Waals surface area contributed by atoms with E-state index in [2.05, 4.69) is 252 Å². The first-order valence-electron chi connectivity index (χ1n) is 21.3. The maximum Gasteiger partial charge on any atom is 0.0541 e. The van der Waals surface area contributed by atoms with Crippen molar-refractivity contribution in [3.05, 3.63) is 243 Å². The van der Waals surface area contributed by atoms with Crippen molar-refractivity contribution >= 4 is 43.6 Å². The number of hydrogen-bond donors (Lipinski definition) is 0. The summed E-state index contributed by atoms with van der Waals surface area (Å²) in [6.45, 7) is 0. The average Bonchev–Trinajstić information content (AvgIpc) is 3.87.